The lowest BCUT2D eigenvalue weighted by molar-refractivity contribution is -0.137. The molecule has 0 radical (unpaired) electrons. The van der Waals surface area contributed by atoms with Crippen LogP contribution in [0.5, 0.6) is 5.75 Å². The highest BCUT2D eigenvalue weighted by atomic mass is 32.2. The minimum Gasteiger partial charge on any atom is -0.379 e. The monoisotopic (exact) mass is 531 g/mol. The van der Waals surface area contributed by atoms with Gasteiger partial charge in [-0.3, -0.25) is 0 Å². The molecule has 0 saturated heterocycles. The third-order valence-corrected chi connectivity index (χ3v) is 6.31. The van der Waals surface area contributed by atoms with Crippen LogP contribution < -0.4 is 9.50 Å². The molecular formula is C26H24F3N3O4S. The number of amides is 2. The maximum atomic E-state index is 13.0. The van der Waals surface area contributed by atoms with Crippen molar-refractivity contribution in [3.63, 3.8) is 0 Å². The van der Waals surface area contributed by atoms with Gasteiger partial charge in [-0.1, -0.05) is 32.0 Å². The van der Waals surface area contributed by atoms with Crippen LogP contribution in [0.1, 0.15) is 30.5 Å². The number of hydrogen-bond acceptors (Lipinski definition) is 5. The molecule has 7 nitrogen and oxygen atoms in total. The first-order valence-corrected chi connectivity index (χ1v) is 12.5. The van der Waals surface area contributed by atoms with Gasteiger partial charge in [0, 0.05) is 18.8 Å². The first kappa shape index (κ1) is 27.5. The lowest BCUT2D eigenvalue weighted by Crippen LogP contribution is -2.37. The van der Waals surface area contributed by atoms with E-state index in [-0.39, 0.29) is 18.2 Å². The van der Waals surface area contributed by atoms with E-state index in [9.17, 15) is 26.4 Å². The molecule has 37 heavy (non-hydrogen) atoms. The van der Waals surface area contributed by atoms with Gasteiger partial charge in [0.25, 0.3) is 0 Å². The summed E-state index contributed by atoms with van der Waals surface area (Å²) < 4.78 is 69.4. The maximum absolute atomic E-state index is 13.0. The molecule has 1 N–H and O–H groups in total. The van der Waals surface area contributed by atoms with Crippen LogP contribution in [0.3, 0.4) is 0 Å². The Balaban J connectivity index is 1.78. The van der Waals surface area contributed by atoms with Gasteiger partial charge < -0.3 is 14.4 Å². The van der Waals surface area contributed by atoms with E-state index in [0.29, 0.717) is 29.4 Å². The quantitative estimate of drug-likeness (QED) is 0.358. The number of halogens is 3. The summed E-state index contributed by atoms with van der Waals surface area (Å²) >= 11 is 0. The smallest absolute Gasteiger partial charge is 0.379 e. The van der Waals surface area contributed by atoms with Gasteiger partial charge in [-0.15, -0.1) is 0 Å². The van der Waals surface area contributed by atoms with Gasteiger partial charge in [-0.25, -0.2) is 4.79 Å². The molecule has 0 atom stereocenters. The zero-order valence-corrected chi connectivity index (χ0v) is 20.8. The molecule has 0 aliphatic heterocycles. The van der Waals surface area contributed by atoms with Crippen LogP contribution in [0.15, 0.2) is 77.7 Å². The summed E-state index contributed by atoms with van der Waals surface area (Å²) in [6.45, 7) is 4.36. The molecule has 0 spiro atoms. The van der Waals surface area contributed by atoms with Crippen LogP contribution in [0.25, 0.3) is 0 Å². The minimum absolute atomic E-state index is 0.105. The molecular weight excluding hydrogens is 507 g/mol. The number of nitrogens with zero attached hydrogens (tertiary/aromatic N) is 2. The molecule has 0 aliphatic carbocycles. The highest BCUT2D eigenvalue weighted by Gasteiger charge is 2.32. The number of carbonyl (C=O) groups is 1. The van der Waals surface area contributed by atoms with Crippen molar-refractivity contribution in [2.24, 2.45) is 5.92 Å². The predicted octanol–water partition coefficient (Wildman–Crippen LogP) is 6.03. The summed E-state index contributed by atoms with van der Waals surface area (Å²) in [6.07, 6.45) is -4.70. The van der Waals surface area contributed by atoms with Gasteiger partial charge in [-0.05, 0) is 66.1 Å². The molecule has 11 heteroatoms. The number of hydrogen-bond donors (Lipinski definition) is 1. The van der Waals surface area contributed by atoms with Crippen LogP contribution in [0.4, 0.5) is 23.7 Å². The second-order valence-electron chi connectivity index (χ2n) is 8.60. The number of urea groups is 1. The SMILES string of the molecule is CC(C)CN(Cc1cccc(OS(=O)(=O)c2cccc(C(F)(F)F)c2)c1)C(=O)Nc1ccc(C#N)cc1. The summed E-state index contributed by atoms with van der Waals surface area (Å²) in [5, 5.41) is 11.7. The third kappa shape index (κ3) is 7.72. The minimum atomic E-state index is -4.70. The van der Waals surface area contributed by atoms with Gasteiger partial charge in [0.05, 0.1) is 17.2 Å². The van der Waals surface area contributed by atoms with Crippen LogP contribution in [-0.4, -0.2) is 25.9 Å². The molecule has 0 unspecified atom stereocenters. The number of rotatable bonds is 8. The Labute approximate surface area is 213 Å². The van der Waals surface area contributed by atoms with Gasteiger partial charge in [0.2, 0.25) is 0 Å². The Morgan fingerprint density at radius 3 is 2.35 bits per heavy atom. The van der Waals surface area contributed by atoms with Crippen LogP contribution in [0.2, 0.25) is 0 Å². The van der Waals surface area contributed by atoms with E-state index in [1.807, 2.05) is 19.9 Å². The average Bonchev–Trinajstić information content (AvgIpc) is 2.83. The van der Waals surface area contributed by atoms with Crippen molar-refractivity contribution in [2.75, 3.05) is 11.9 Å². The molecule has 3 aromatic carbocycles. The van der Waals surface area contributed by atoms with Gasteiger partial charge in [-0.2, -0.15) is 26.9 Å². The molecule has 0 aliphatic rings. The number of alkyl halides is 3. The molecule has 0 fully saturated rings. The second-order valence-corrected chi connectivity index (χ2v) is 10.2. The fourth-order valence-electron chi connectivity index (χ4n) is 3.41. The van der Waals surface area contributed by atoms with Crippen molar-refractivity contribution < 1.29 is 30.6 Å². The zero-order chi connectivity index (χ0) is 27.2. The molecule has 0 saturated carbocycles. The van der Waals surface area contributed by atoms with E-state index in [4.69, 9.17) is 9.44 Å². The standard InChI is InChI=1S/C26H24F3N3O4S/c1-18(2)16-32(25(33)31-22-11-9-19(15-30)10-12-22)17-20-5-3-7-23(13-20)36-37(34,35)24-8-4-6-21(14-24)26(27,28)29/h3-14,18H,16-17H2,1-2H3,(H,31,33). The largest absolute Gasteiger partial charge is 0.416 e. The van der Waals surface area contributed by atoms with Gasteiger partial charge in [0.1, 0.15) is 10.6 Å². The van der Waals surface area contributed by atoms with E-state index in [2.05, 4.69) is 5.32 Å². The number of carbonyl (C=O) groups excluding carboxylic acids is 1. The van der Waals surface area contributed by atoms with Crippen molar-refractivity contribution in [1.29, 1.82) is 5.26 Å². The molecule has 0 bridgehead atoms. The maximum Gasteiger partial charge on any atom is 0.416 e. The van der Waals surface area contributed by atoms with Gasteiger partial charge >= 0.3 is 22.3 Å². The Morgan fingerprint density at radius 2 is 1.73 bits per heavy atom. The topological polar surface area (TPSA) is 99.5 Å². The molecule has 3 aromatic rings. The Hall–Kier alpha value is -4.04. The summed E-state index contributed by atoms with van der Waals surface area (Å²) in [5.41, 5.74) is 0.395. The van der Waals surface area contributed by atoms with E-state index < -0.39 is 32.8 Å². The zero-order valence-electron chi connectivity index (χ0n) is 20.0. The number of nitrogens with one attached hydrogen (secondary N) is 1. The molecule has 0 aromatic heterocycles. The number of anilines is 1. The van der Waals surface area contributed by atoms with E-state index in [1.54, 1.807) is 30.3 Å². The number of nitriles is 1. The van der Waals surface area contributed by atoms with Crippen molar-refractivity contribution in [1.82, 2.24) is 4.90 Å². The van der Waals surface area contributed by atoms with Crippen molar-refractivity contribution in [3.8, 4) is 11.8 Å². The molecule has 194 valence electrons. The fourth-order valence-corrected chi connectivity index (χ4v) is 4.38. The normalized spacial score (nSPS) is 11.6. The summed E-state index contributed by atoms with van der Waals surface area (Å²) in [7, 11) is -4.54. The summed E-state index contributed by atoms with van der Waals surface area (Å²) in [6, 6.07) is 17.2. The second kappa shape index (κ2) is 11.3. The lowest BCUT2D eigenvalue weighted by Gasteiger charge is -2.25. The Morgan fingerprint density at radius 1 is 1.05 bits per heavy atom. The van der Waals surface area contributed by atoms with Crippen LogP contribution in [-0.2, 0) is 22.8 Å². The number of benzene rings is 3. The summed E-state index contributed by atoms with van der Waals surface area (Å²) in [4.78, 5) is 13.9. The van der Waals surface area contributed by atoms with E-state index in [1.165, 1.54) is 23.1 Å². The summed E-state index contributed by atoms with van der Waals surface area (Å²) in [5.74, 6) is 0.0133. The Kier molecular flexibility index (Phi) is 8.45. The average molecular weight is 532 g/mol. The van der Waals surface area contributed by atoms with Crippen LogP contribution in [0, 0.1) is 17.2 Å². The molecule has 3 rings (SSSR count). The van der Waals surface area contributed by atoms with Gasteiger partial charge in [0.15, 0.2) is 0 Å². The van der Waals surface area contributed by atoms with Crippen molar-refractivity contribution in [2.45, 2.75) is 31.5 Å². The van der Waals surface area contributed by atoms with Crippen molar-refractivity contribution in [3.05, 3.63) is 89.5 Å². The predicted molar refractivity (Wildman–Crippen MR) is 131 cm³/mol. The molecule has 0 heterocycles. The van der Waals surface area contributed by atoms with E-state index >= 15 is 0 Å². The highest BCUT2D eigenvalue weighted by Crippen LogP contribution is 2.31. The Bertz CT molecular complexity index is 1400. The van der Waals surface area contributed by atoms with Crippen LogP contribution >= 0.6 is 0 Å². The first-order valence-electron chi connectivity index (χ1n) is 11.1. The third-order valence-electron chi connectivity index (χ3n) is 5.07. The fraction of sp³-hybridized carbons (Fsp3) is 0.231. The highest BCUT2D eigenvalue weighted by molar-refractivity contribution is 7.87. The van der Waals surface area contributed by atoms with Crippen molar-refractivity contribution >= 4 is 21.8 Å². The first-order chi connectivity index (χ1) is 17.4. The molecule has 2 amide bonds. The lowest BCUT2D eigenvalue weighted by atomic mass is 10.1. The van der Waals surface area contributed by atoms with E-state index in [0.717, 1.165) is 18.2 Å².